The standard InChI is InChI=1S/C19H18O2/c1-13-12-18(21)10-11-19(13)16-4-2-14(3-5-16)15-6-8-17(20)9-7-15/h2,5-12,20-21H,3-4H2,1H3. The fraction of sp³-hybridized carbons (Fsp3) is 0.158. The minimum Gasteiger partial charge on any atom is -0.508 e. The van der Waals surface area contributed by atoms with Gasteiger partial charge in [-0.15, -0.1) is 0 Å². The first-order chi connectivity index (χ1) is 10.1. The Morgan fingerprint density at radius 3 is 2.00 bits per heavy atom. The molecule has 0 aromatic heterocycles. The Kier molecular flexibility index (Phi) is 3.53. The second-order valence-electron chi connectivity index (χ2n) is 5.41. The first kappa shape index (κ1) is 13.5. The molecule has 3 rings (SSSR count). The van der Waals surface area contributed by atoms with Crippen molar-refractivity contribution in [1.82, 2.24) is 0 Å². The van der Waals surface area contributed by atoms with Crippen molar-refractivity contribution in [1.29, 1.82) is 0 Å². The van der Waals surface area contributed by atoms with E-state index in [1.807, 2.05) is 25.1 Å². The number of hydrogen-bond acceptors (Lipinski definition) is 2. The zero-order chi connectivity index (χ0) is 14.8. The fourth-order valence-electron chi connectivity index (χ4n) is 2.77. The average Bonchev–Trinajstić information content (AvgIpc) is 2.48. The molecule has 2 heteroatoms. The van der Waals surface area contributed by atoms with E-state index in [4.69, 9.17) is 0 Å². The van der Waals surface area contributed by atoms with Gasteiger partial charge in [0, 0.05) is 0 Å². The Morgan fingerprint density at radius 1 is 0.762 bits per heavy atom. The summed E-state index contributed by atoms with van der Waals surface area (Å²) in [6.45, 7) is 2.02. The summed E-state index contributed by atoms with van der Waals surface area (Å²) in [5.41, 5.74) is 6.05. The minimum atomic E-state index is 0.297. The molecule has 0 unspecified atom stereocenters. The lowest BCUT2D eigenvalue weighted by Crippen LogP contribution is -1.94. The maximum absolute atomic E-state index is 9.50. The molecule has 0 bridgehead atoms. The zero-order valence-corrected chi connectivity index (χ0v) is 12.0. The number of rotatable bonds is 2. The van der Waals surface area contributed by atoms with Crippen LogP contribution in [-0.2, 0) is 0 Å². The zero-order valence-electron chi connectivity index (χ0n) is 12.0. The summed E-state index contributed by atoms with van der Waals surface area (Å²) < 4.78 is 0. The largest absolute Gasteiger partial charge is 0.508 e. The maximum Gasteiger partial charge on any atom is 0.115 e. The third kappa shape index (κ3) is 2.84. The van der Waals surface area contributed by atoms with Crippen LogP contribution in [0.25, 0.3) is 11.1 Å². The molecule has 0 amide bonds. The van der Waals surface area contributed by atoms with E-state index >= 15 is 0 Å². The van der Waals surface area contributed by atoms with E-state index in [1.165, 1.54) is 16.7 Å². The van der Waals surface area contributed by atoms with E-state index < -0.39 is 0 Å². The lowest BCUT2D eigenvalue weighted by Gasteiger charge is -2.16. The molecule has 0 fully saturated rings. The molecule has 0 radical (unpaired) electrons. The molecule has 106 valence electrons. The Balaban J connectivity index is 1.81. The number of aryl methyl sites for hydroxylation is 1. The van der Waals surface area contributed by atoms with Crippen LogP contribution in [-0.4, -0.2) is 10.2 Å². The van der Waals surface area contributed by atoms with Gasteiger partial charge in [-0.05, 0) is 71.9 Å². The predicted molar refractivity (Wildman–Crippen MR) is 86.1 cm³/mol. The van der Waals surface area contributed by atoms with Crippen LogP contribution in [0.5, 0.6) is 11.5 Å². The number of benzene rings is 2. The van der Waals surface area contributed by atoms with Crippen LogP contribution in [0.3, 0.4) is 0 Å². The third-order valence-corrected chi connectivity index (χ3v) is 3.93. The molecule has 0 aliphatic heterocycles. The van der Waals surface area contributed by atoms with Crippen molar-refractivity contribution < 1.29 is 10.2 Å². The summed E-state index contributed by atoms with van der Waals surface area (Å²) in [6.07, 6.45) is 6.28. The van der Waals surface area contributed by atoms with Crippen molar-refractivity contribution in [3.8, 4) is 11.5 Å². The quantitative estimate of drug-likeness (QED) is 0.838. The Morgan fingerprint density at radius 2 is 1.38 bits per heavy atom. The number of hydrogen-bond donors (Lipinski definition) is 2. The molecule has 2 aromatic rings. The van der Waals surface area contributed by atoms with Crippen molar-refractivity contribution in [3.63, 3.8) is 0 Å². The summed E-state index contributed by atoms with van der Waals surface area (Å²) in [4.78, 5) is 0. The highest BCUT2D eigenvalue weighted by molar-refractivity contribution is 5.79. The van der Waals surface area contributed by atoms with E-state index in [9.17, 15) is 10.2 Å². The molecule has 1 aliphatic rings. The molecule has 2 aromatic carbocycles. The molecule has 0 saturated carbocycles. The SMILES string of the molecule is Cc1cc(O)ccc1C1=CCC(c2ccc(O)cc2)=CC1. The van der Waals surface area contributed by atoms with Crippen molar-refractivity contribution in [2.45, 2.75) is 19.8 Å². The molecule has 1 aliphatic carbocycles. The van der Waals surface area contributed by atoms with Gasteiger partial charge in [-0.1, -0.05) is 30.4 Å². The predicted octanol–water partition coefficient (Wildman–Crippen LogP) is 4.67. The Hall–Kier alpha value is -2.48. The van der Waals surface area contributed by atoms with E-state index in [0.717, 1.165) is 24.0 Å². The van der Waals surface area contributed by atoms with E-state index in [1.54, 1.807) is 24.3 Å². The van der Waals surface area contributed by atoms with Crippen LogP contribution in [0.4, 0.5) is 0 Å². The first-order valence-electron chi connectivity index (χ1n) is 7.11. The van der Waals surface area contributed by atoms with Gasteiger partial charge in [0.25, 0.3) is 0 Å². The average molecular weight is 278 g/mol. The Labute approximate surface area is 124 Å². The molecule has 0 atom stereocenters. The molecule has 21 heavy (non-hydrogen) atoms. The molecule has 2 nitrogen and oxygen atoms in total. The van der Waals surface area contributed by atoms with Crippen LogP contribution in [0, 0.1) is 6.92 Å². The van der Waals surface area contributed by atoms with E-state index in [-0.39, 0.29) is 0 Å². The van der Waals surface area contributed by atoms with E-state index in [0.29, 0.717) is 11.5 Å². The van der Waals surface area contributed by atoms with Gasteiger partial charge >= 0.3 is 0 Å². The summed E-state index contributed by atoms with van der Waals surface area (Å²) in [5, 5.41) is 18.8. The summed E-state index contributed by atoms with van der Waals surface area (Å²) >= 11 is 0. The van der Waals surface area contributed by atoms with Gasteiger partial charge in [0.05, 0.1) is 0 Å². The topological polar surface area (TPSA) is 40.5 Å². The number of allylic oxidation sites excluding steroid dienone is 4. The van der Waals surface area contributed by atoms with Gasteiger partial charge in [-0.2, -0.15) is 0 Å². The minimum absolute atomic E-state index is 0.297. The second-order valence-corrected chi connectivity index (χ2v) is 5.41. The van der Waals surface area contributed by atoms with Crippen LogP contribution >= 0.6 is 0 Å². The highest BCUT2D eigenvalue weighted by Gasteiger charge is 2.11. The van der Waals surface area contributed by atoms with Crippen molar-refractivity contribution in [3.05, 3.63) is 71.3 Å². The van der Waals surface area contributed by atoms with Gasteiger partial charge < -0.3 is 10.2 Å². The summed E-state index contributed by atoms with van der Waals surface area (Å²) in [6, 6.07) is 12.9. The maximum atomic E-state index is 9.50. The van der Waals surface area contributed by atoms with E-state index in [2.05, 4.69) is 12.2 Å². The van der Waals surface area contributed by atoms with Gasteiger partial charge in [0.15, 0.2) is 0 Å². The monoisotopic (exact) mass is 278 g/mol. The molecule has 2 N–H and O–H groups in total. The molecule has 0 heterocycles. The lowest BCUT2D eigenvalue weighted by atomic mass is 9.89. The van der Waals surface area contributed by atoms with Gasteiger partial charge in [-0.3, -0.25) is 0 Å². The van der Waals surface area contributed by atoms with Crippen LogP contribution in [0.15, 0.2) is 54.6 Å². The molecular formula is C19H18O2. The highest BCUT2D eigenvalue weighted by Crippen LogP contribution is 2.33. The Bertz CT molecular complexity index is 722. The third-order valence-electron chi connectivity index (χ3n) is 3.93. The first-order valence-corrected chi connectivity index (χ1v) is 7.11. The molecule has 0 saturated heterocycles. The lowest BCUT2D eigenvalue weighted by molar-refractivity contribution is 0.474. The number of phenols is 2. The van der Waals surface area contributed by atoms with Crippen LogP contribution in [0.2, 0.25) is 0 Å². The fourth-order valence-corrected chi connectivity index (χ4v) is 2.77. The van der Waals surface area contributed by atoms with Crippen molar-refractivity contribution in [2.24, 2.45) is 0 Å². The van der Waals surface area contributed by atoms with Gasteiger partial charge in [0.2, 0.25) is 0 Å². The summed E-state index contributed by atoms with van der Waals surface area (Å²) in [7, 11) is 0. The van der Waals surface area contributed by atoms with Crippen molar-refractivity contribution in [2.75, 3.05) is 0 Å². The second kappa shape index (κ2) is 5.49. The van der Waals surface area contributed by atoms with Crippen molar-refractivity contribution >= 4 is 11.1 Å². The number of aromatic hydroxyl groups is 2. The molecule has 0 spiro atoms. The smallest absolute Gasteiger partial charge is 0.115 e. The number of phenolic OH excluding ortho intramolecular Hbond substituents is 2. The molecular weight excluding hydrogens is 260 g/mol. The highest BCUT2D eigenvalue weighted by atomic mass is 16.3. The van der Waals surface area contributed by atoms with Gasteiger partial charge in [-0.25, -0.2) is 0 Å². The van der Waals surface area contributed by atoms with Gasteiger partial charge in [0.1, 0.15) is 11.5 Å². The summed E-state index contributed by atoms with van der Waals surface area (Å²) in [5.74, 6) is 0.610. The van der Waals surface area contributed by atoms with Crippen LogP contribution < -0.4 is 0 Å². The normalized spacial score (nSPS) is 14.5. The van der Waals surface area contributed by atoms with Crippen LogP contribution in [0.1, 0.15) is 29.5 Å².